The fourth-order valence-electron chi connectivity index (χ4n) is 5.98. The highest BCUT2D eigenvalue weighted by molar-refractivity contribution is 6.22. The monoisotopic (exact) mass is 559 g/mol. The maximum atomic E-state index is 14.0. The van der Waals surface area contributed by atoms with Crippen molar-refractivity contribution in [3.05, 3.63) is 69.5 Å². The summed E-state index contributed by atoms with van der Waals surface area (Å²) in [4.78, 5) is 49.3. The highest BCUT2D eigenvalue weighted by Crippen LogP contribution is 2.54. The van der Waals surface area contributed by atoms with Crippen LogP contribution in [0.2, 0.25) is 0 Å². The van der Waals surface area contributed by atoms with Crippen LogP contribution in [0.4, 0.5) is 13.2 Å². The average Bonchev–Trinajstić information content (AvgIpc) is 2.85. The zero-order valence-electron chi connectivity index (χ0n) is 20.2. The minimum absolute atomic E-state index is 0.0241. The van der Waals surface area contributed by atoms with Crippen molar-refractivity contribution in [2.24, 2.45) is 17.6 Å². The molecule has 0 unspecified atom stereocenters. The SMILES string of the molecule is NC(=O)C1=C(O)[C@@]2(O)C(=O)C3=C(O)c4c(O)c(C(F)(F)F)cc(-c5cccc(C(=O)O)c5)c4C[C@H]3C[C@H]2CC1=O. The van der Waals surface area contributed by atoms with Crippen LogP contribution in [0, 0.1) is 11.8 Å². The number of carbonyl (C=O) groups is 4. The zero-order valence-corrected chi connectivity index (χ0v) is 20.2. The smallest absolute Gasteiger partial charge is 0.420 e. The molecule has 5 rings (SSSR count). The lowest BCUT2D eigenvalue weighted by molar-refractivity contribution is -0.147. The number of rotatable bonds is 3. The fourth-order valence-corrected chi connectivity index (χ4v) is 5.98. The molecule has 0 saturated heterocycles. The summed E-state index contributed by atoms with van der Waals surface area (Å²) in [7, 11) is 0. The van der Waals surface area contributed by atoms with Crippen molar-refractivity contribution in [3.63, 3.8) is 0 Å². The largest absolute Gasteiger partial charge is 0.508 e. The number of carbonyl (C=O) groups excluding carboxylic acids is 3. The first kappa shape index (κ1) is 26.9. The van der Waals surface area contributed by atoms with Gasteiger partial charge in [-0.25, -0.2) is 4.79 Å². The number of ketones is 2. The summed E-state index contributed by atoms with van der Waals surface area (Å²) in [6, 6.07) is 5.60. The minimum atomic E-state index is -5.14. The molecule has 0 spiro atoms. The first-order valence-corrected chi connectivity index (χ1v) is 11.9. The molecule has 7 N–H and O–H groups in total. The fraction of sp³-hybridized carbons (Fsp3) is 0.259. The Balaban J connectivity index is 1.79. The van der Waals surface area contributed by atoms with E-state index in [2.05, 4.69) is 0 Å². The predicted octanol–water partition coefficient (Wildman–Crippen LogP) is 2.81. The number of phenols is 1. The van der Waals surface area contributed by atoms with Crippen molar-refractivity contribution in [2.75, 3.05) is 0 Å². The van der Waals surface area contributed by atoms with E-state index in [-0.39, 0.29) is 35.1 Å². The molecule has 0 bridgehead atoms. The molecule has 1 fully saturated rings. The van der Waals surface area contributed by atoms with Crippen LogP contribution in [0.5, 0.6) is 5.75 Å². The third-order valence-electron chi connectivity index (χ3n) is 7.79. The summed E-state index contributed by atoms with van der Waals surface area (Å²) in [6.45, 7) is 0. The van der Waals surface area contributed by atoms with Crippen LogP contribution in [-0.4, -0.2) is 54.6 Å². The molecule has 1 saturated carbocycles. The highest BCUT2D eigenvalue weighted by Gasteiger charge is 2.60. The Labute approximate surface area is 222 Å². The van der Waals surface area contributed by atoms with Gasteiger partial charge in [0.05, 0.1) is 16.7 Å². The molecule has 208 valence electrons. The van der Waals surface area contributed by atoms with Gasteiger partial charge < -0.3 is 31.3 Å². The number of alkyl halides is 3. The summed E-state index contributed by atoms with van der Waals surface area (Å²) < 4.78 is 41.9. The summed E-state index contributed by atoms with van der Waals surface area (Å²) in [5.41, 5.74) is -2.07. The number of aromatic hydroxyl groups is 1. The lowest BCUT2D eigenvalue weighted by Gasteiger charge is -2.46. The van der Waals surface area contributed by atoms with Gasteiger partial charge in [0.25, 0.3) is 5.91 Å². The third kappa shape index (κ3) is 3.68. The van der Waals surface area contributed by atoms with Crippen molar-refractivity contribution >= 4 is 29.2 Å². The van der Waals surface area contributed by atoms with Gasteiger partial charge in [-0.2, -0.15) is 13.2 Å². The van der Waals surface area contributed by atoms with Crippen molar-refractivity contribution in [1.82, 2.24) is 0 Å². The summed E-state index contributed by atoms with van der Waals surface area (Å²) >= 11 is 0. The second-order valence-electron chi connectivity index (χ2n) is 9.96. The van der Waals surface area contributed by atoms with Crippen molar-refractivity contribution in [3.8, 4) is 16.9 Å². The van der Waals surface area contributed by atoms with E-state index in [4.69, 9.17) is 5.73 Å². The molecule has 3 aliphatic carbocycles. The molecule has 10 nitrogen and oxygen atoms in total. The number of benzene rings is 2. The van der Waals surface area contributed by atoms with Crippen LogP contribution in [-0.2, 0) is 27.0 Å². The number of hydrogen-bond acceptors (Lipinski definition) is 8. The number of aliphatic hydroxyl groups is 3. The summed E-state index contributed by atoms with van der Waals surface area (Å²) in [5, 5.41) is 53.1. The Morgan fingerprint density at radius 2 is 1.73 bits per heavy atom. The van der Waals surface area contributed by atoms with Crippen LogP contribution >= 0.6 is 0 Å². The van der Waals surface area contributed by atoms with Crippen LogP contribution in [0.25, 0.3) is 16.9 Å². The van der Waals surface area contributed by atoms with Gasteiger partial charge in [-0.15, -0.1) is 0 Å². The number of carboxylic acid groups (broad SMARTS) is 1. The predicted molar refractivity (Wildman–Crippen MR) is 129 cm³/mol. The number of fused-ring (bicyclic) bond motifs is 3. The maximum absolute atomic E-state index is 14.0. The number of phenolic OH excluding ortho intramolecular Hbond substituents is 1. The molecule has 0 radical (unpaired) electrons. The Bertz CT molecular complexity index is 1620. The van der Waals surface area contributed by atoms with E-state index in [9.17, 15) is 57.9 Å². The number of nitrogens with two attached hydrogens (primary N) is 1. The van der Waals surface area contributed by atoms with Gasteiger partial charge in [-0.3, -0.25) is 14.4 Å². The second kappa shape index (κ2) is 8.68. The van der Waals surface area contributed by atoms with Crippen molar-refractivity contribution in [1.29, 1.82) is 0 Å². The number of carboxylic acids is 1. The van der Waals surface area contributed by atoms with E-state index >= 15 is 0 Å². The normalized spacial score (nSPS) is 24.4. The van der Waals surface area contributed by atoms with E-state index < -0.39 is 93.0 Å². The van der Waals surface area contributed by atoms with Crippen molar-refractivity contribution < 1.29 is 57.9 Å². The maximum Gasteiger partial charge on any atom is 0.420 e. The highest BCUT2D eigenvalue weighted by atomic mass is 19.4. The molecule has 0 aliphatic heterocycles. The van der Waals surface area contributed by atoms with Crippen molar-refractivity contribution in [2.45, 2.75) is 31.0 Å². The number of hydrogen-bond donors (Lipinski definition) is 6. The first-order valence-electron chi connectivity index (χ1n) is 11.9. The van der Waals surface area contributed by atoms with Gasteiger partial charge >= 0.3 is 12.1 Å². The number of primary amides is 1. The van der Waals surface area contributed by atoms with Gasteiger partial charge in [0, 0.05) is 17.9 Å². The molecular formula is C27H20F3NO9. The van der Waals surface area contributed by atoms with E-state index in [1.807, 2.05) is 0 Å². The van der Waals surface area contributed by atoms with Gasteiger partial charge in [-0.05, 0) is 53.6 Å². The van der Waals surface area contributed by atoms with Gasteiger partial charge in [0.2, 0.25) is 5.78 Å². The van der Waals surface area contributed by atoms with E-state index in [0.717, 1.165) is 6.07 Å². The second-order valence-corrected chi connectivity index (χ2v) is 9.96. The molecule has 3 aliphatic rings. The number of aliphatic hydroxyl groups excluding tert-OH is 2. The van der Waals surface area contributed by atoms with E-state index in [1.54, 1.807) is 0 Å². The van der Waals surface area contributed by atoms with Gasteiger partial charge in [0.1, 0.15) is 22.8 Å². The lowest BCUT2D eigenvalue weighted by atomic mass is 9.59. The number of aromatic carboxylic acids is 1. The molecule has 2 aromatic rings. The average molecular weight is 559 g/mol. The van der Waals surface area contributed by atoms with Crippen LogP contribution < -0.4 is 5.73 Å². The Hall–Kier alpha value is -4.65. The van der Waals surface area contributed by atoms with Gasteiger partial charge in [0.15, 0.2) is 11.4 Å². The molecular weight excluding hydrogens is 539 g/mol. The third-order valence-corrected chi connectivity index (χ3v) is 7.79. The molecule has 1 amide bonds. The first-order chi connectivity index (χ1) is 18.6. The lowest BCUT2D eigenvalue weighted by Crippen LogP contribution is -2.58. The molecule has 2 aromatic carbocycles. The van der Waals surface area contributed by atoms with Crippen LogP contribution in [0.3, 0.4) is 0 Å². The van der Waals surface area contributed by atoms with Gasteiger partial charge in [-0.1, -0.05) is 12.1 Å². The standard InChI is InChI=1S/C27H20F3NO9/c28-27(29,30)15-8-13(9-2-1-3-10(4-9)25(38)39)14-6-11-5-12-7-16(32)19(24(31)37)23(36)26(12,40)22(35)17(11)21(34)18(14)20(15)33/h1-4,8,11-12,33-34,36,40H,5-7H2,(H2,31,37)(H,38,39)/t11-,12+,26+/m1/s1. The zero-order chi connectivity index (χ0) is 29.5. The number of amides is 1. The number of Topliss-reactive ketones (excluding diaryl/α,β-unsaturated/α-hetero) is 2. The Kier molecular flexibility index (Phi) is 5.84. The number of halogens is 3. The Morgan fingerprint density at radius 3 is 2.33 bits per heavy atom. The molecule has 40 heavy (non-hydrogen) atoms. The van der Waals surface area contributed by atoms with E-state index in [0.29, 0.717) is 6.07 Å². The summed E-state index contributed by atoms with van der Waals surface area (Å²) in [5.74, 6) is -11.1. The topological polar surface area (TPSA) is 195 Å². The minimum Gasteiger partial charge on any atom is -0.508 e. The molecule has 0 aromatic heterocycles. The Morgan fingerprint density at radius 1 is 1.05 bits per heavy atom. The molecule has 0 heterocycles. The van der Waals surface area contributed by atoms with Crippen LogP contribution in [0.15, 0.2) is 47.2 Å². The van der Waals surface area contributed by atoms with E-state index in [1.165, 1.54) is 18.2 Å². The summed E-state index contributed by atoms with van der Waals surface area (Å²) in [6.07, 6.45) is -6.18. The van der Waals surface area contributed by atoms with Crippen LogP contribution in [0.1, 0.15) is 39.9 Å². The quantitative estimate of drug-likeness (QED) is 0.307. The molecule has 3 atom stereocenters. The molecule has 13 heteroatoms.